The molecule has 1 aromatic carbocycles. The Morgan fingerprint density at radius 1 is 1.07 bits per heavy atom. The minimum absolute atomic E-state index is 0.0535. The molecule has 0 aliphatic carbocycles. The van der Waals surface area contributed by atoms with E-state index in [0.29, 0.717) is 10.6 Å². The van der Waals surface area contributed by atoms with Gasteiger partial charge in [0.25, 0.3) is 11.8 Å². The van der Waals surface area contributed by atoms with Gasteiger partial charge >= 0.3 is 19.2 Å². The number of hydrogen-bond donors (Lipinski definition) is 2. The smallest absolute Gasteiger partial charge is 0.330 e. The van der Waals surface area contributed by atoms with Crippen LogP contribution in [0.5, 0.6) is 0 Å². The van der Waals surface area contributed by atoms with Crippen molar-refractivity contribution >= 4 is 31.2 Å². The number of carbonyl (C=O) groups excluding carboxylic acids is 4. The average molecular weight is 419 g/mol. The second kappa shape index (κ2) is 8.26. The number of ketones is 1. The summed E-state index contributed by atoms with van der Waals surface area (Å²) in [5.74, 6) is -2.66. The van der Waals surface area contributed by atoms with Crippen molar-refractivity contribution < 1.29 is 47.1 Å². The zero-order valence-corrected chi connectivity index (χ0v) is 15.2. The van der Waals surface area contributed by atoms with Crippen LogP contribution in [0.1, 0.15) is 36.8 Å². The summed E-state index contributed by atoms with van der Waals surface area (Å²) in [5, 5.41) is 0.368. The van der Waals surface area contributed by atoms with Gasteiger partial charge in [0.1, 0.15) is 5.78 Å². The van der Waals surface area contributed by atoms with Crippen molar-refractivity contribution in [2.45, 2.75) is 37.8 Å². The number of alkyl halides is 2. The molecule has 1 aliphatic heterocycles. The number of amides is 2. The first kappa shape index (κ1) is 21.8. The molecule has 0 bridgehead atoms. The molecule has 1 saturated heterocycles. The summed E-state index contributed by atoms with van der Waals surface area (Å²) in [6.45, 7) is 0. The fourth-order valence-electron chi connectivity index (χ4n) is 2.35. The molecule has 0 radical (unpaired) electrons. The SMILES string of the molecule is O=C(CCC(=O)ON1C(=O)CCC1=O)Cc1ccc(C(F)(F)P(=O)(O)O)cc1. The molecule has 1 heterocycles. The largest absolute Gasteiger partial charge is 0.399 e. The predicted molar refractivity (Wildman–Crippen MR) is 87.5 cm³/mol. The molecule has 1 fully saturated rings. The van der Waals surface area contributed by atoms with Gasteiger partial charge in [0.15, 0.2) is 0 Å². The molecule has 152 valence electrons. The molecule has 1 aromatic rings. The highest BCUT2D eigenvalue weighted by atomic mass is 31.2. The van der Waals surface area contributed by atoms with Gasteiger partial charge in [0.2, 0.25) is 0 Å². The molecule has 28 heavy (non-hydrogen) atoms. The van der Waals surface area contributed by atoms with Gasteiger partial charge in [-0.15, -0.1) is 5.06 Å². The number of rotatable bonds is 8. The van der Waals surface area contributed by atoms with Crippen molar-refractivity contribution in [1.82, 2.24) is 5.06 Å². The van der Waals surface area contributed by atoms with E-state index in [2.05, 4.69) is 4.84 Å². The van der Waals surface area contributed by atoms with Gasteiger partial charge in [0, 0.05) is 31.2 Å². The Morgan fingerprint density at radius 3 is 2.11 bits per heavy atom. The van der Waals surface area contributed by atoms with E-state index in [4.69, 9.17) is 9.79 Å². The van der Waals surface area contributed by atoms with Crippen LogP contribution in [0, 0.1) is 0 Å². The van der Waals surface area contributed by atoms with Crippen molar-refractivity contribution in [2.24, 2.45) is 0 Å². The second-order valence-corrected chi connectivity index (χ2v) is 7.69. The molecule has 0 saturated carbocycles. The Kier molecular flexibility index (Phi) is 6.43. The van der Waals surface area contributed by atoms with E-state index in [1.54, 1.807) is 0 Å². The number of hydroxylamine groups is 2. The number of halogens is 2. The van der Waals surface area contributed by atoms with Crippen LogP contribution < -0.4 is 0 Å². The first-order valence-corrected chi connectivity index (χ1v) is 9.64. The Hall–Kier alpha value is -2.49. The normalized spacial score (nSPS) is 15.1. The van der Waals surface area contributed by atoms with Crippen LogP contribution in [0.25, 0.3) is 0 Å². The lowest BCUT2D eigenvalue weighted by Gasteiger charge is -2.18. The summed E-state index contributed by atoms with van der Waals surface area (Å²) in [4.78, 5) is 68.1. The average Bonchev–Trinajstić information content (AvgIpc) is 2.91. The molecule has 1 aliphatic rings. The van der Waals surface area contributed by atoms with Gasteiger partial charge in [-0.25, -0.2) is 4.79 Å². The number of Topliss-reactive ketones (excluding diaryl/α,β-unsaturated/α-hetero) is 1. The van der Waals surface area contributed by atoms with Crippen LogP contribution in [-0.2, 0) is 40.7 Å². The minimum Gasteiger partial charge on any atom is -0.330 e. The third kappa shape index (κ3) is 5.06. The molecule has 0 atom stereocenters. The molecule has 2 amide bonds. The maximum absolute atomic E-state index is 13.6. The standard InChI is InChI=1S/C16H16F2NO8P/c17-16(18,28(24,25)26)11-3-1-10(2-4-11)9-12(20)5-8-15(23)27-19-13(21)6-7-14(19)22/h1-4H,5-9H2,(H2,24,25,26). The maximum atomic E-state index is 13.6. The summed E-state index contributed by atoms with van der Waals surface area (Å²) in [6, 6.07) is 3.86. The molecular weight excluding hydrogens is 403 g/mol. The summed E-state index contributed by atoms with van der Waals surface area (Å²) in [5.41, 5.74) is -4.93. The van der Waals surface area contributed by atoms with Crippen LogP contribution >= 0.6 is 7.60 Å². The first-order chi connectivity index (χ1) is 12.9. The van der Waals surface area contributed by atoms with Gasteiger partial charge in [-0.05, 0) is 5.56 Å². The molecular formula is C16H16F2NO8P. The molecule has 2 rings (SSSR count). The number of nitrogens with zero attached hydrogens (tertiary/aromatic N) is 1. The van der Waals surface area contributed by atoms with Crippen molar-refractivity contribution in [1.29, 1.82) is 0 Å². The number of hydrogen-bond acceptors (Lipinski definition) is 6. The zero-order valence-electron chi connectivity index (χ0n) is 14.3. The van der Waals surface area contributed by atoms with Crippen LogP contribution in [-0.4, -0.2) is 38.4 Å². The van der Waals surface area contributed by atoms with Crippen LogP contribution in [0.2, 0.25) is 0 Å². The van der Waals surface area contributed by atoms with Crippen LogP contribution in [0.15, 0.2) is 24.3 Å². The lowest BCUT2D eigenvalue weighted by molar-refractivity contribution is -0.197. The highest BCUT2D eigenvalue weighted by Gasteiger charge is 2.50. The van der Waals surface area contributed by atoms with Crippen molar-refractivity contribution in [3.8, 4) is 0 Å². The topological polar surface area (TPSA) is 138 Å². The van der Waals surface area contributed by atoms with Gasteiger partial charge in [-0.2, -0.15) is 8.78 Å². The second-order valence-electron chi connectivity index (χ2n) is 6.04. The lowest BCUT2D eigenvalue weighted by atomic mass is 10.0. The summed E-state index contributed by atoms with van der Waals surface area (Å²) < 4.78 is 37.9. The van der Waals surface area contributed by atoms with Crippen molar-refractivity contribution in [3.05, 3.63) is 35.4 Å². The van der Waals surface area contributed by atoms with Crippen LogP contribution in [0.3, 0.4) is 0 Å². The summed E-state index contributed by atoms with van der Waals surface area (Å²) >= 11 is 0. The van der Waals surface area contributed by atoms with Crippen molar-refractivity contribution in [2.75, 3.05) is 0 Å². The molecule has 9 nitrogen and oxygen atoms in total. The molecule has 2 N–H and O–H groups in total. The number of imide groups is 1. The zero-order chi connectivity index (χ0) is 21.1. The fraction of sp³-hybridized carbons (Fsp3) is 0.375. The van der Waals surface area contributed by atoms with Crippen molar-refractivity contribution in [3.63, 3.8) is 0 Å². The van der Waals surface area contributed by atoms with Gasteiger partial charge in [-0.3, -0.25) is 18.9 Å². The minimum atomic E-state index is -5.68. The molecule has 0 spiro atoms. The third-order valence-corrected chi connectivity index (χ3v) is 4.87. The van der Waals surface area contributed by atoms with Gasteiger partial charge in [0.05, 0.1) is 6.42 Å². The summed E-state index contributed by atoms with van der Waals surface area (Å²) in [7, 11) is -5.68. The van der Waals surface area contributed by atoms with Gasteiger partial charge in [-0.1, -0.05) is 24.3 Å². The highest BCUT2D eigenvalue weighted by molar-refractivity contribution is 7.52. The quantitative estimate of drug-likeness (QED) is 0.477. The van der Waals surface area contributed by atoms with E-state index < -0.39 is 42.4 Å². The number of benzene rings is 1. The van der Waals surface area contributed by atoms with E-state index >= 15 is 0 Å². The Balaban J connectivity index is 1.86. The highest BCUT2D eigenvalue weighted by Crippen LogP contribution is 2.59. The fourth-order valence-corrected chi connectivity index (χ4v) is 2.84. The number of carbonyl (C=O) groups is 4. The Bertz CT molecular complexity index is 833. The van der Waals surface area contributed by atoms with Gasteiger partial charge < -0.3 is 14.6 Å². The Morgan fingerprint density at radius 2 is 1.61 bits per heavy atom. The van der Waals surface area contributed by atoms with E-state index in [1.807, 2.05) is 0 Å². The summed E-state index contributed by atoms with van der Waals surface area (Å²) in [6.07, 6.45) is -0.972. The van der Waals surface area contributed by atoms with E-state index in [-0.39, 0.29) is 32.1 Å². The van der Waals surface area contributed by atoms with Crippen LogP contribution in [0.4, 0.5) is 8.78 Å². The maximum Gasteiger partial charge on any atom is 0.399 e. The first-order valence-electron chi connectivity index (χ1n) is 8.03. The monoisotopic (exact) mass is 419 g/mol. The molecule has 0 unspecified atom stereocenters. The van der Waals surface area contributed by atoms with E-state index in [9.17, 15) is 32.5 Å². The predicted octanol–water partition coefficient (Wildman–Crippen LogP) is 1.41. The van der Waals surface area contributed by atoms with E-state index in [1.165, 1.54) is 0 Å². The lowest BCUT2D eigenvalue weighted by Crippen LogP contribution is -2.32. The molecule has 0 aromatic heterocycles. The Labute approximate surface area is 157 Å². The van der Waals surface area contributed by atoms with E-state index in [0.717, 1.165) is 24.3 Å². The third-order valence-electron chi connectivity index (χ3n) is 3.88. The molecule has 12 heteroatoms.